The Labute approximate surface area is 238 Å². The monoisotopic (exact) mass is 592 g/mol. The molecule has 0 fully saturated rings. The van der Waals surface area contributed by atoms with Gasteiger partial charge < -0.3 is 4.52 Å². The second kappa shape index (κ2) is 27.5. The summed E-state index contributed by atoms with van der Waals surface area (Å²) in [6, 6.07) is 8.56. The van der Waals surface area contributed by atoms with Crippen molar-refractivity contribution in [3.05, 3.63) is 53.1 Å². The van der Waals surface area contributed by atoms with E-state index in [2.05, 4.69) is 33.1 Å². The number of thiol groups is 1. The third-order valence-electron chi connectivity index (χ3n) is 6.40. The molecule has 0 aliphatic rings. The van der Waals surface area contributed by atoms with Gasteiger partial charge in [-0.3, -0.25) is 14.7 Å². The number of rotatable bonds is 20. The lowest BCUT2D eigenvalue weighted by Gasteiger charge is -2.18. The third kappa shape index (κ3) is 20.9. The first kappa shape index (κ1) is 39.1. The van der Waals surface area contributed by atoms with Crippen molar-refractivity contribution in [2.45, 2.75) is 104 Å². The zero-order valence-corrected chi connectivity index (χ0v) is 26.6. The van der Waals surface area contributed by atoms with E-state index in [1.807, 2.05) is 31.2 Å². The fourth-order valence-corrected chi connectivity index (χ4v) is 6.51. The Hall–Kier alpha value is -1.04. The maximum atomic E-state index is 13.0. The molecule has 0 radical (unpaired) electrons. The summed E-state index contributed by atoms with van der Waals surface area (Å²) < 4.78 is 27.1. The van der Waals surface area contributed by atoms with E-state index in [1.165, 1.54) is 44.9 Å². The van der Waals surface area contributed by atoms with Crippen molar-refractivity contribution in [1.82, 2.24) is 0 Å². The number of nitro groups is 1. The number of benzene rings is 1. The van der Waals surface area contributed by atoms with E-state index in [0.29, 0.717) is 37.3 Å². The van der Waals surface area contributed by atoms with Gasteiger partial charge in [-0.15, -0.1) is 6.58 Å². The van der Waals surface area contributed by atoms with Crippen molar-refractivity contribution < 1.29 is 23.5 Å². The van der Waals surface area contributed by atoms with Crippen molar-refractivity contribution in [2.24, 2.45) is 5.92 Å². The van der Waals surface area contributed by atoms with Gasteiger partial charge in [-0.2, -0.15) is 17.5 Å². The summed E-state index contributed by atoms with van der Waals surface area (Å²) in [6.45, 7) is 10.5. The van der Waals surface area contributed by atoms with Gasteiger partial charge >= 0.3 is 8.69 Å². The van der Waals surface area contributed by atoms with E-state index in [1.54, 1.807) is 12.1 Å². The second-order valence-corrected chi connectivity index (χ2v) is 12.4. The maximum Gasteiger partial charge on any atom is 0.491 e. The third-order valence-corrected chi connectivity index (χ3v) is 9.38. The molecule has 0 aliphatic carbocycles. The highest BCUT2D eigenvalue weighted by molar-refractivity contribution is 7.80. The van der Waals surface area contributed by atoms with E-state index < -0.39 is 22.1 Å². The summed E-state index contributed by atoms with van der Waals surface area (Å²) in [5.74, 6) is 1.73. The molecule has 7 nitrogen and oxygen atoms in total. The molecule has 1 aromatic carbocycles. The first-order chi connectivity index (χ1) is 18.3. The van der Waals surface area contributed by atoms with Gasteiger partial charge in [0.15, 0.2) is 0 Å². The Bertz CT molecular complexity index is 750. The molecule has 10 heteroatoms. The van der Waals surface area contributed by atoms with Crippen molar-refractivity contribution in [3.8, 4) is 0 Å². The highest BCUT2D eigenvalue weighted by Crippen LogP contribution is 2.46. The topological polar surface area (TPSA) is 107 Å². The van der Waals surface area contributed by atoms with Crippen LogP contribution in [0.1, 0.15) is 97.8 Å². The minimum absolute atomic E-state index is 0.216. The van der Waals surface area contributed by atoms with Crippen LogP contribution >= 0.6 is 28.7 Å². The fraction of sp³-hybridized carbons (Fsp3) is 0.714. The molecular formula is C28H52NO6P2S+. The van der Waals surface area contributed by atoms with Crippen molar-refractivity contribution in [1.29, 1.82) is 0 Å². The summed E-state index contributed by atoms with van der Waals surface area (Å²) in [6.07, 6.45) is 15.1. The molecule has 0 spiro atoms. The van der Waals surface area contributed by atoms with Crippen LogP contribution in [-0.4, -0.2) is 34.4 Å². The molecule has 3 unspecified atom stereocenters. The molecule has 0 amide bonds. The highest BCUT2D eigenvalue weighted by Gasteiger charge is 2.27. The van der Waals surface area contributed by atoms with E-state index >= 15 is 0 Å². The van der Waals surface area contributed by atoms with Crippen LogP contribution in [-0.2, 0) is 13.7 Å². The lowest BCUT2D eigenvalue weighted by atomic mass is 9.96. The molecule has 3 atom stereocenters. The molecule has 220 valence electrons. The Morgan fingerprint density at radius 1 is 1.05 bits per heavy atom. The zero-order chi connectivity index (χ0) is 29.1. The van der Waals surface area contributed by atoms with Crippen LogP contribution in [0.3, 0.4) is 0 Å². The fourth-order valence-electron chi connectivity index (χ4n) is 4.11. The molecule has 1 N–H and O–H groups in total. The Balaban J connectivity index is 0. The quantitative estimate of drug-likeness (QED) is 0.0392. The molecule has 1 rings (SSSR count). The van der Waals surface area contributed by atoms with Gasteiger partial charge in [-0.25, -0.2) is 0 Å². The van der Waals surface area contributed by atoms with Crippen LogP contribution in [0.4, 0.5) is 0 Å². The molecule has 0 heterocycles. The van der Waals surface area contributed by atoms with Crippen molar-refractivity contribution >= 4 is 34.0 Å². The molecular weight excluding hydrogens is 540 g/mol. The van der Waals surface area contributed by atoms with Crippen LogP contribution in [0.15, 0.2) is 43.0 Å². The molecule has 38 heavy (non-hydrogen) atoms. The molecule has 0 aliphatic heterocycles. The van der Waals surface area contributed by atoms with Crippen LogP contribution < -0.4 is 5.30 Å². The predicted molar refractivity (Wildman–Crippen MR) is 166 cm³/mol. The first-order valence-electron chi connectivity index (χ1n) is 14.0. The number of hydrogen-bond donors (Lipinski definition) is 2. The summed E-state index contributed by atoms with van der Waals surface area (Å²) in [4.78, 5) is 18.0. The van der Waals surface area contributed by atoms with Crippen LogP contribution in [0.25, 0.3) is 0 Å². The summed E-state index contributed by atoms with van der Waals surface area (Å²) in [5.41, 5.74) is 0. The van der Waals surface area contributed by atoms with Crippen LogP contribution in [0.5, 0.6) is 0 Å². The van der Waals surface area contributed by atoms with Crippen molar-refractivity contribution in [3.63, 3.8) is 0 Å². The minimum Gasteiger partial charge on any atom is -0.326 e. The van der Waals surface area contributed by atoms with Crippen LogP contribution in [0.2, 0.25) is 0 Å². The van der Waals surface area contributed by atoms with Gasteiger partial charge in [0, 0.05) is 29.2 Å². The number of allylic oxidation sites excluding steroid dienone is 1. The average molecular weight is 593 g/mol. The Morgan fingerprint density at radius 2 is 1.63 bits per heavy atom. The van der Waals surface area contributed by atoms with E-state index in [-0.39, 0.29) is 4.92 Å². The summed E-state index contributed by atoms with van der Waals surface area (Å²) in [5, 5.41) is 11.8. The smallest absolute Gasteiger partial charge is 0.326 e. The van der Waals surface area contributed by atoms with Gasteiger partial charge in [-0.05, 0) is 67.4 Å². The largest absolute Gasteiger partial charge is 0.491 e. The minimum atomic E-state index is -2.92. The summed E-state index contributed by atoms with van der Waals surface area (Å²) >= 11 is 4.12. The summed E-state index contributed by atoms with van der Waals surface area (Å²) in [7, 11) is -4.09. The van der Waals surface area contributed by atoms with Crippen molar-refractivity contribution in [2.75, 3.05) is 18.5 Å². The second-order valence-electron chi connectivity index (χ2n) is 9.15. The van der Waals surface area contributed by atoms with Gasteiger partial charge in [0.1, 0.15) is 0 Å². The number of hydrogen-bond acceptors (Lipinski definition) is 6. The normalized spacial score (nSPS) is 13.0. The first-order valence-corrected chi connectivity index (χ1v) is 17.2. The molecule has 0 aromatic heterocycles. The Morgan fingerprint density at radius 3 is 2.13 bits per heavy atom. The standard InChI is InChI=1S/C16H26NO4PS.C12H24.HO2P/c1-2-21-22(20,16-11-4-3-5-12-16)13-8-10-15(17(18)19)9-6-7-14-23;1-4-7-8-9-10-11-12(5-2)6-3;1-3-2/h3-5,11-12,15,23H,2,6-10,13-14H2,1H3;4,12H,1,5-11H2,2-3H3;3H/p+1. The lowest BCUT2D eigenvalue weighted by molar-refractivity contribution is -0.524. The van der Waals surface area contributed by atoms with Gasteiger partial charge in [0.05, 0.1) is 6.61 Å². The average Bonchev–Trinajstić information content (AvgIpc) is 2.91. The van der Waals surface area contributed by atoms with Crippen LogP contribution in [0, 0.1) is 16.0 Å². The number of nitrogens with zero attached hydrogens (tertiary/aromatic N) is 1. The van der Waals surface area contributed by atoms with Gasteiger partial charge in [-0.1, -0.05) is 70.2 Å². The SMILES string of the molecule is C=CCCCCCC(CC)CC.CCOP(=O)(CCCC(CCCCS)[N+](=O)[O-])c1ccccc1.O=[PH+]O. The maximum absolute atomic E-state index is 13.0. The molecule has 0 saturated carbocycles. The Kier molecular flexibility index (Phi) is 28.3. The molecule has 0 saturated heterocycles. The number of unbranched alkanes of at least 4 members (excludes halogenated alkanes) is 4. The zero-order valence-electron chi connectivity index (χ0n) is 23.8. The van der Waals surface area contributed by atoms with Gasteiger partial charge in [0.25, 0.3) is 0 Å². The highest BCUT2D eigenvalue weighted by atomic mass is 32.1. The molecule has 0 bridgehead atoms. The van der Waals surface area contributed by atoms with E-state index in [0.717, 1.165) is 24.5 Å². The van der Waals surface area contributed by atoms with Gasteiger partial charge in [0.2, 0.25) is 13.4 Å². The van der Waals surface area contributed by atoms with E-state index in [9.17, 15) is 14.7 Å². The predicted octanol–water partition coefficient (Wildman–Crippen LogP) is 8.63. The lowest BCUT2D eigenvalue weighted by Crippen LogP contribution is -2.20. The molecule has 1 aromatic rings. The van der Waals surface area contributed by atoms with E-state index in [4.69, 9.17) is 14.0 Å².